The molecular weight excluding hydrogens is 488 g/mol. The second kappa shape index (κ2) is 13.0. The third kappa shape index (κ3) is 7.09. The molecule has 208 valence electrons. The lowest BCUT2D eigenvalue weighted by Crippen LogP contribution is -2.48. The first-order valence-corrected chi connectivity index (χ1v) is 13.9. The van der Waals surface area contributed by atoms with Crippen molar-refractivity contribution >= 4 is 11.6 Å². The SMILES string of the molecule is COc1ccc(N(Cc2cnccc2C)C2CCN(C(C)CCNC(=O)c3c(C)cc(O)cc3C)CC2)cc1. The Morgan fingerprint density at radius 2 is 1.77 bits per heavy atom. The summed E-state index contributed by atoms with van der Waals surface area (Å²) in [4.78, 5) is 22.2. The monoisotopic (exact) mass is 530 g/mol. The van der Waals surface area contributed by atoms with Gasteiger partial charge in [0.2, 0.25) is 0 Å². The Balaban J connectivity index is 1.34. The summed E-state index contributed by atoms with van der Waals surface area (Å²) in [6.07, 6.45) is 6.88. The number of carbonyl (C=O) groups excluding carboxylic acids is 1. The van der Waals surface area contributed by atoms with E-state index < -0.39 is 0 Å². The van der Waals surface area contributed by atoms with Crippen molar-refractivity contribution in [1.29, 1.82) is 0 Å². The Labute approximate surface area is 232 Å². The van der Waals surface area contributed by atoms with Crippen LogP contribution in [0.5, 0.6) is 11.5 Å². The smallest absolute Gasteiger partial charge is 0.251 e. The van der Waals surface area contributed by atoms with Gasteiger partial charge in [-0.05, 0) is 112 Å². The number of hydrogen-bond donors (Lipinski definition) is 2. The summed E-state index contributed by atoms with van der Waals surface area (Å²) in [7, 11) is 1.70. The molecule has 1 unspecified atom stereocenters. The van der Waals surface area contributed by atoms with E-state index in [0.717, 1.165) is 55.8 Å². The number of pyridine rings is 1. The molecule has 4 rings (SSSR count). The van der Waals surface area contributed by atoms with Crippen molar-refractivity contribution in [3.8, 4) is 11.5 Å². The summed E-state index contributed by atoms with van der Waals surface area (Å²) in [5.41, 5.74) is 5.95. The van der Waals surface area contributed by atoms with Gasteiger partial charge in [0.15, 0.2) is 0 Å². The number of benzene rings is 2. The van der Waals surface area contributed by atoms with Crippen LogP contribution < -0.4 is 15.0 Å². The number of nitrogens with zero attached hydrogens (tertiary/aromatic N) is 3. The molecule has 0 aliphatic carbocycles. The first-order chi connectivity index (χ1) is 18.8. The molecular formula is C32H42N4O3. The second-order valence-electron chi connectivity index (χ2n) is 10.7. The highest BCUT2D eigenvalue weighted by atomic mass is 16.5. The highest BCUT2D eigenvalue weighted by Crippen LogP contribution is 2.29. The number of hydrogen-bond acceptors (Lipinski definition) is 6. The molecule has 7 heteroatoms. The molecule has 1 atom stereocenters. The number of piperidine rings is 1. The second-order valence-corrected chi connectivity index (χ2v) is 10.7. The molecule has 1 aromatic heterocycles. The van der Waals surface area contributed by atoms with E-state index in [9.17, 15) is 9.90 Å². The topological polar surface area (TPSA) is 77.9 Å². The van der Waals surface area contributed by atoms with Crippen LogP contribution in [0.1, 0.15) is 58.8 Å². The van der Waals surface area contributed by atoms with Crippen molar-refractivity contribution in [2.45, 2.75) is 65.6 Å². The highest BCUT2D eigenvalue weighted by Gasteiger charge is 2.27. The van der Waals surface area contributed by atoms with Gasteiger partial charge in [0.1, 0.15) is 11.5 Å². The van der Waals surface area contributed by atoms with Gasteiger partial charge in [-0.3, -0.25) is 9.78 Å². The van der Waals surface area contributed by atoms with Gasteiger partial charge in [0, 0.05) is 61.9 Å². The Hall–Kier alpha value is -3.58. The van der Waals surface area contributed by atoms with Crippen LogP contribution >= 0.6 is 0 Å². The maximum Gasteiger partial charge on any atom is 0.251 e. The van der Waals surface area contributed by atoms with E-state index in [4.69, 9.17) is 4.74 Å². The number of aromatic hydroxyl groups is 1. The maximum atomic E-state index is 12.8. The third-order valence-electron chi connectivity index (χ3n) is 8.05. The minimum Gasteiger partial charge on any atom is -0.508 e. The molecule has 1 saturated heterocycles. The third-order valence-corrected chi connectivity index (χ3v) is 8.05. The predicted molar refractivity (Wildman–Crippen MR) is 157 cm³/mol. The van der Waals surface area contributed by atoms with Gasteiger partial charge in [0.05, 0.1) is 7.11 Å². The number of methoxy groups -OCH3 is 1. The maximum absolute atomic E-state index is 12.8. The summed E-state index contributed by atoms with van der Waals surface area (Å²) in [6, 6.07) is 14.5. The number of amides is 1. The number of carbonyl (C=O) groups is 1. The lowest BCUT2D eigenvalue weighted by Gasteiger charge is -2.42. The van der Waals surface area contributed by atoms with Crippen LogP contribution in [0, 0.1) is 20.8 Å². The normalized spacial score (nSPS) is 15.1. The lowest BCUT2D eigenvalue weighted by atomic mass is 9.98. The van der Waals surface area contributed by atoms with Crippen molar-refractivity contribution < 1.29 is 14.6 Å². The van der Waals surface area contributed by atoms with Crippen molar-refractivity contribution in [2.24, 2.45) is 0 Å². The first-order valence-electron chi connectivity index (χ1n) is 13.9. The van der Waals surface area contributed by atoms with E-state index >= 15 is 0 Å². The molecule has 0 radical (unpaired) electrons. The molecule has 0 spiro atoms. The predicted octanol–water partition coefficient (Wildman–Crippen LogP) is 5.40. The zero-order valence-corrected chi connectivity index (χ0v) is 23.9. The zero-order valence-electron chi connectivity index (χ0n) is 23.9. The summed E-state index contributed by atoms with van der Waals surface area (Å²) in [5, 5.41) is 12.9. The average molecular weight is 531 g/mol. The minimum atomic E-state index is -0.0725. The molecule has 0 saturated carbocycles. The van der Waals surface area contributed by atoms with Crippen LogP contribution in [0.15, 0.2) is 54.9 Å². The van der Waals surface area contributed by atoms with E-state index in [-0.39, 0.29) is 11.7 Å². The van der Waals surface area contributed by atoms with Crippen molar-refractivity contribution in [3.63, 3.8) is 0 Å². The molecule has 1 fully saturated rings. The number of likely N-dealkylation sites (tertiary alicyclic amines) is 1. The highest BCUT2D eigenvalue weighted by molar-refractivity contribution is 5.97. The molecule has 1 amide bonds. The van der Waals surface area contributed by atoms with Crippen molar-refractivity contribution in [2.75, 3.05) is 31.6 Å². The summed E-state index contributed by atoms with van der Waals surface area (Å²) in [6.45, 7) is 11.6. The number of rotatable bonds is 10. The summed E-state index contributed by atoms with van der Waals surface area (Å²) >= 11 is 0. The van der Waals surface area contributed by atoms with E-state index in [1.54, 1.807) is 19.2 Å². The molecule has 39 heavy (non-hydrogen) atoms. The van der Waals surface area contributed by atoms with Crippen molar-refractivity contribution in [1.82, 2.24) is 15.2 Å². The standard InChI is InChI=1S/C32H42N4O3/c1-22-10-14-33-20-26(22)21-36(27-6-8-30(39-5)9-7-27)28-12-16-35(17-13-28)25(4)11-15-34-32(38)31-23(2)18-29(37)19-24(31)3/h6-10,14,18-20,25,28,37H,11-13,15-17,21H2,1-5H3,(H,34,38). The Bertz CT molecular complexity index is 1230. The Morgan fingerprint density at radius 3 is 2.38 bits per heavy atom. The zero-order chi connectivity index (χ0) is 27.9. The fourth-order valence-corrected chi connectivity index (χ4v) is 5.65. The van der Waals surface area contributed by atoms with Crippen molar-refractivity contribution in [3.05, 3.63) is 82.7 Å². The number of ether oxygens (including phenoxy) is 1. The largest absolute Gasteiger partial charge is 0.508 e. The fraction of sp³-hybridized carbons (Fsp3) is 0.438. The van der Waals surface area contributed by atoms with E-state index in [2.05, 4.69) is 52.1 Å². The fourth-order valence-electron chi connectivity index (χ4n) is 5.65. The molecule has 1 aliphatic heterocycles. The average Bonchev–Trinajstić information content (AvgIpc) is 2.92. The summed E-state index contributed by atoms with van der Waals surface area (Å²) in [5.74, 6) is 0.985. The van der Waals surface area contributed by atoms with Gasteiger partial charge in [0.25, 0.3) is 5.91 Å². The molecule has 1 aliphatic rings. The Morgan fingerprint density at radius 1 is 1.10 bits per heavy atom. The van der Waals surface area contributed by atoms with Crippen LogP contribution in [0.25, 0.3) is 0 Å². The quantitative estimate of drug-likeness (QED) is 0.365. The van der Waals surface area contributed by atoms with Crippen LogP contribution in [-0.4, -0.2) is 59.7 Å². The molecule has 2 aromatic carbocycles. The molecule has 7 nitrogen and oxygen atoms in total. The van der Waals surface area contributed by atoms with Gasteiger partial charge in [-0.2, -0.15) is 0 Å². The van der Waals surface area contributed by atoms with E-state index in [1.807, 2.05) is 38.4 Å². The number of phenolic OH excluding ortho intramolecular Hbond substituents is 1. The molecule has 0 bridgehead atoms. The number of anilines is 1. The van der Waals surface area contributed by atoms with Gasteiger partial charge in [-0.15, -0.1) is 0 Å². The number of aromatic nitrogens is 1. The molecule has 3 aromatic rings. The van der Waals surface area contributed by atoms with Gasteiger partial charge < -0.3 is 25.0 Å². The van der Waals surface area contributed by atoms with E-state index in [0.29, 0.717) is 24.2 Å². The van der Waals surface area contributed by atoms with Crippen LogP contribution in [-0.2, 0) is 6.54 Å². The number of aryl methyl sites for hydroxylation is 3. The number of phenols is 1. The van der Waals surface area contributed by atoms with E-state index in [1.165, 1.54) is 16.8 Å². The Kier molecular flexibility index (Phi) is 9.46. The first kappa shape index (κ1) is 28.4. The molecule has 2 heterocycles. The van der Waals surface area contributed by atoms with Crippen LogP contribution in [0.4, 0.5) is 5.69 Å². The summed E-state index contributed by atoms with van der Waals surface area (Å²) < 4.78 is 5.39. The van der Waals surface area contributed by atoms with Gasteiger partial charge in [-0.1, -0.05) is 0 Å². The van der Waals surface area contributed by atoms with Gasteiger partial charge >= 0.3 is 0 Å². The number of nitrogens with one attached hydrogen (secondary N) is 1. The van der Waals surface area contributed by atoms with Crippen LogP contribution in [0.2, 0.25) is 0 Å². The minimum absolute atomic E-state index is 0.0725. The van der Waals surface area contributed by atoms with Crippen LogP contribution in [0.3, 0.4) is 0 Å². The van der Waals surface area contributed by atoms with Gasteiger partial charge in [-0.25, -0.2) is 0 Å². The molecule has 2 N–H and O–H groups in total. The lowest BCUT2D eigenvalue weighted by molar-refractivity contribution is 0.0944.